The highest BCUT2D eigenvalue weighted by atomic mass is 35.5. The fourth-order valence-electron chi connectivity index (χ4n) is 1.26. The number of nitrogens with one attached hydrogen (secondary N) is 1. The third-order valence-corrected chi connectivity index (χ3v) is 2.39. The van der Waals surface area contributed by atoms with Crippen molar-refractivity contribution in [3.8, 4) is 0 Å². The average Bonchev–Trinajstić information content (AvgIpc) is 2.43. The molecule has 0 radical (unpaired) electrons. The predicted octanol–water partition coefficient (Wildman–Crippen LogP) is 3.32. The third kappa shape index (κ3) is 4.40. The van der Waals surface area contributed by atoms with Gasteiger partial charge in [0.2, 0.25) is 0 Å². The highest BCUT2D eigenvalue weighted by Crippen LogP contribution is 2.13. The van der Waals surface area contributed by atoms with Gasteiger partial charge in [-0.05, 0) is 42.0 Å². The van der Waals surface area contributed by atoms with Crippen LogP contribution in [0.4, 0.5) is 10.5 Å². The first-order valence-corrected chi connectivity index (χ1v) is 5.79. The van der Waals surface area contributed by atoms with E-state index >= 15 is 0 Å². The molecule has 0 spiro atoms. The van der Waals surface area contributed by atoms with E-state index in [4.69, 9.17) is 11.6 Å². The highest BCUT2D eigenvalue weighted by molar-refractivity contribution is 6.30. The number of amides is 1. The van der Waals surface area contributed by atoms with E-state index in [1.165, 1.54) is 6.21 Å². The molecule has 0 saturated heterocycles. The van der Waals surface area contributed by atoms with Crippen molar-refractivity contribution in [2.45, 2.75) is 0 Å². The molecule has 0 unspecified atom stereocenters. The molecular formula is C13H10ClN3O2. The minimum atomic E-state index is -0.673. The standard InChI is InChI=1S/C13H10ClN3O2/c14-11-1-3-12(4-2-11)17-13(18)19-16-9-10-5-7-15-8-6-10/h1-9H,(H,17,18)/b16-9+. The molecule has 6 heteroatoms. The number of carbonyl (C=O) groups excluding carboxylic acids is 1. The van der Waals surface area contributed by atoms with Crippen molar-refractivity contribution in [1.29, 1.82) is 0 Å². The van der Waals surface area contributed by atoms with Crippen LogP contribution in [-0.2, 0) is 4.84 Å². The van der Waals surface area contributed by atoms with Crippen LogP contribution in [0.3, 0.4) is 0 Å². The Bertz CT molecular complexity index is 570. The molecule has 2 aromatic rings. The second-order valence-corrected chi connectivity index (χ2v) is 3.96. The number of anilines is 1. The van der Waals surface area contributed by atoms with Gasteiger partial charge in [0, 0.05) is 23.1 Å². The number of benzene rings is 1. The molecule has 1 heterocycles. The molecule has 0 aliphatic rings. The Balaban J connectivity index is 1.85. The molecule has 96 valence electrons. The summed E-state index contributed by atoms with van der Waals surface area (Å²) in [7, 11) is 0. The largest absolute Gasteiger partial charge is 0.437 e. The number of nitrogens with zero attached hydrogens (tertiary/aromatic N) is 2. The van der Waals surface area contributed by atoms with E-state index in [9.17, 15) is 4.79 Å². The number of carbonyl (C=O) groups is 1. The summed E-state index contributed by atoms with van der Waals surface area (Å²) in [4.78, 5) is 19.9. The van der Waals surface area contributed by atoms with Gasteiger partial charge in [-0.15, -0.1) is 0 Å². The molecule has 1 N–H and O–H groups in total. The van der Waals surface area contributed by atoms with Crippen LogP contribution in [0.1, 0.15) is 5.56 Å². The molecule has 0 bridgehead atoms. The lowest BCUT2D eigenvalue weighted by atomic mass is 10.3. The zero-order valence-electron chi connectivity index (χ0n) is 9.79. The Morgan fingerprint density at radius 1 is 1.21 bits per heavy atom. The maximum atomic E-state index is 11.4. The highest BCUT2D eigenvalue weighted by Gasteiger charge is 2.01. The van der Waals surface area contributed by atoms with Crippen LogP contribution in [0.15, 0.2) is 53.9 Å². The molecule has 19 heavy (non-hydrogen) atoms. The van der Waals surface area contributed by atoms with Crippen LogP contribution in [0.25, 0.3) is 0 Å². The van der Waals surface area contributed by atoms with Gasteiger partial charge >= 0.3 is 6.09 Å². The second-order valence-electron chi connectivity index (χ2n) is 3.53. The molecular weight excluding hydrogens is 266 g/mol. The van der Waals surface area contributed by atoms with Crippen molar-refractivity contribution in [3.05, 3.63) is 59.4 Å². The summed E-state index contributed by atoms with van der Waals surface area (Å²) in [6.07, 6.45) is 3.99. The van der Waals surface area contributed by atoms with Crippen molar-refractivity contribution in [2.75, 3.05) is 5.32 Å². The van der Waals surface area contributed by atoms with E-state index in [1.54, 1.807) is 48.8 Å². The van der Waals surface area contributed by atoms with Gasteiger partial charge in [0.1, 0.15) is 0 Å². The smallest absolute Gasteiger partial charge is 0.298 e. The molecule has 0 aliphatic carbocycles. The van der Waals surface area contributed by atoms with E-state index in [2.05, 4.69) is 20.3 Å². The zero-order chi connectivity index (χ0) is 13.5. The van der Waals surface area contributed by atoms with Gasteiger partial charge in [0.15, 0.2) is 0 Å². The summed E-state index contributed by atoms with van der Waals surface area (Å²) in [6, 6.07) is 10.1. The van der Waals surface area contributed by atoms with E-state index in [1.807, 2.05) is 0 Å². The van der Waals surface area contributed by atoms with Crippen LogP contribution < -0.4 is 5.32 Å². The minimum Gasteiger partial charge on any atom is -0.298 e. The fourth-order valence-corrected chi connectivity index (χ4v) is 1.38. The van der Waals surface area contributed by atoms with Crippen LogP contribution in [0.2, 0.25) is 5.02 Å². The van der Waals surface area contributed by atoms with Gasteiger partial charge in [0.25, 0.3) is 0 Å². The summed E-state index contributed by atoms with van der Waals surface area (Å²) < 4.78 is 0. The lowest BCUT2D eigenvalue weighted by molar-refractivity contribution is 0.167. The number of aromatic nitrogens is 1. The normalized spacial score (nSPS) is 10.4. The number of hydrogen-bond acceptors (Lipinski definition) is 4. The first kappa shape index (κ1) is 13.0. The van der Waals surface area contributed by atoms with Crippen LogP contribution in [0.5, 0.6) is 0 Å². The Morgan fingerprint density at radius 3 is 2.58 bits per heavy atom. The Labute approximate surface area is 114 Å². The van der Waals surface area contributed by atoms with Gasteiger partial charge < -0.3 is 0 Å². The summed E-state index contributed by atoms with van der Waals surface area (Å²) in [6.45, 7) is 0. The molecule has 1 amide bonds. The third-order valence-electron chi connectivity index (χ3n) is 2.13. The van der Waals surface area contributed by atoms with E-state index in [0.717, 1.165) is 5.56 Å². The first-order chi connectivity index (χ1) is 9.24. The van der Waals surface area contributed by atoms with Gasteiger partial charge in [-0.2, -0.15) is 0 Å². The lowest BCUT2D eigenvalue weighted by Crippen LogP contribution is -2.10. The SMILES string of the molecule is O=C(Nc1ccc(Cl)cc1)O/N=C/c1ccncc1. The molecule has 0 saturated carbocycles. The topological polar surface area (TPSA) is 63.6 Å². The summed E-state index contributed by atoms with van der Waals surface area (Å²) >= 11 is 5.73. The monoisotopic (exact) mass is 275 g/mol. The van der Waals surface area contributed by atoms with Gasteiger partial charge in [-0.25, -0.2) is 4.79 Å². The van der Waals surface area contributed by atoms with Gasteiger partial charge in [0.05, 0.1) is 6.21 Å². The molecule has 5 nitrogen and oxygen atoms in total. The molecule has 2 rings (SSSR count). The summed E-state index contributed by atoms with van der Waals surface area (Å²) in [5.74, 6) is 0. The van der Waals surface area contributed by atoms with Crippen molar-refractivity contribution < 1.29 is 9.63 Å². The maximum absolute atomic E-state index is 11.4. The van der Waals surface area contributed by atoms with Crippen LogP contribution >= 0.6 is 11.6 Å². The minimum absolute atomic E-state index is 0.577. The van der Waals surface area contributed by atoms with Gasteiger partial charge in [-0.3, -0.25) is 15.1 Å². The van der Waals surface area contributed by atoms with E-state index < -0.39 is 6.09 Å². The van der Waals surface area contributed by atoms with Crippen LogP contribution in [0, 0.1) is 0 Å². The molecule has 1 aromatic heterocycles. The molecule has 0 atom stereocenters. The van der Waals surface area contributed by atoms with E-state index in [0.29, 0.717) is 10.7 Å². The molecule has 1 aromatic carbocycles. The quantitative estimate of drug-likeness (QED) is 0.531. The second kappa shape index (κ2) is 6.51. The number of halogens is 1. The Hall–Kier alpha value is -2.40. The number of pyridine rings is 1. The zero-order valence-corrected chi connectivity index (χ0v) is 10.5. The predicted molar refractivity (Wildman–Crippen MR) is 73.4 cm³/mol. The average molecular weight is 276 g/mol. The van der Waals surface area contributed by atoms with Gasteiger partial charge in [-0.1, -0.05) is 16.8 Å². The number of rotatable bonds is 3. The Kier molecular flexibility index (Phi) is 4.47. The Morgan fingerprint density at radius 2 is 1.89 bits per heavy atom. The number of oxime groups is 1. The fraction of sp³-hybridized carbons (Fsp3) is 0. The molecule has 0 aliphatic heterocycles. The lowest BCUT2D eigenvalue weighted by Gasteiger charge is -2.02. The first-order valence-electron chi connectivity index (χ1n) is 5.41. The van der Waals surface area contributed by atoms with Crippen molar-refractivity contribution in [3.63, 3.8) is 0 Å². The maximum Gasteiger partial charge on any atom is 0.437 e. The van der Waals surface area contributed by atoms with Crippen molar-refractivity contribution in [2.24, 2.45) is 5.16 Å². The van der Waals surface area contributed by atoms with Crippen molar-refractivity contribution in [1.82, 2.24) is 4.98 Å². The van der Waals surface area contributed by atoms with E-state index in [-0.39, 0.29) is 0 Å². The summed E-state index contributed by atoms with van der Waals surface area (Å²) in [5, 5.41) is 6.67. The van der Waals surface area contributed by atoms with Crippen LogP contribution in [-0.4, -0.2) is 17.3 Å². The molecule has 0 fully saturated rings. The van der Waals surface area contributed by atoms with Crippen molar-refractivity contribution >= 4 is 29.6 Å². The summed E-state index contributed by atoms with van der Waals surface area (Å²) in [5.41, 5.74) is 1.36. The number of hydrogen-bond donors (Lipinski definition) is 1.